The normalized spacial score (nSPS) is 34.7. The maximum absolute atomic E-state index is 11.9. The second kappa shape index (κ2) is 4.73. The number of hydrogen-bond acceptors (Lipinski definition) is 1. The summed E-state index contributed by atoms with van der Waals surface area (Å²) in [4.78, 5) is 11.9. The van der Waals surface area contributed by atoms with Gasteiger partial charge in [-0.25, -0.2) is 0 Å². The van der Waals surface area contributed by atoms with Crippen LogP contribution in [0.4, 0.5) is 0 Å². The van der Waals surface area contributed by atoms with Crippen molar-refractivity contribution in [2.24, 2.45) is 17.8 Å². The van der Waals surface area contributed by atoms with E-state index in [1.165, 1.54) is 19.3 Å². The fourth-order valence-corrected chi connectivity index (χ4v) is 3.28. The van der Waals surface area contributed by atoms with E-state index in [0.717, 1.165) is 24.7 Å². The van der Waals surface area contributed by atoms with Gasteiger partial charge in [-0.3, -0.25) is 4.79 Å². The molecule has 1 N–H and O–H groups in total. The minimum atomic E-state index is 0.288. The minimum absolute atomic E-state index is 0.288. The Morgan fingerprint density at radius 2 is 2.13 bits per heavy atom. The van der Waals surface area contributed by atoms with Crippen LogP contribution in [0.1, 0.15) is 39.0 Å². The molecule has 3 unspecified atom stereocenters. The first kappa shape index (κ1) is 11.3. The summed E-state index contributed by atoms with van der Waals surface area (Å²) < 4.78 is 0. The van der Waals surface area contributed by atoms with E-state index in [1.54, 1.807) is 0 Å². The number of hydrogen-bond donors (Lipinski definition) is 1. The Bertz CT molecular complexity index is 234. The topological polar surface area (TPSA) is 29.1 Å². The molecule has 15 heavy (non-hydrogen) atoms. The highest BCUT2D eigenvalue weighted by Gasteiger charge is 2.56. The molecule has 0 heterocycles. The molecule has 2 nitrogen and oxygen atoms in total. The van der Waals surface area contributed by atoms with Gasteiger partial charge in [0.25, 0.3) is 0 Å². The number of alkyl halides is 1. The molecule has 0 aromatic rings. The lowest BCUT2D eigenvalue weighted by Crippen LogP contribution is -2.36. The first-order valence-electron chi connectivity index (χ1n) is 6.14. The molecule has 2 fully saturated rings. The lowest BCUT2D eigenvalue weighted by Gasteiger charge is -2.16. The molecule has 0 radical (unpaired) electrons. The van der Waals surface area contributed by atoms with Gasteiger partial charge in [0.05, 0.1) is 0 Å². The molecule has 0 saturated heterocycles. The zero-order chi connectivity index (χ0) is 10.8. The summed E-state index contributed by atoms with van der Waals surface area (Å²) in [7, 11) is 0. The summed E-state index contributed by atoms with van der Waals surface area (Å²) in [5, 5.41) is 3.13. The first-order chi connectivity index (χ1) is 7.27. The second-order valence-corrected chi connectivity index (χ2v) is 5.25. The number of carbonyl (C=O) groups excluding carboxylic acids is 1. The van der Waals surface area contributed by atoms with E-state index in [2.05, 4.69) is 12.2 Å². The van der Waals surface area contributed by atoms with E-state index in [9.17, 15) is 4.79 Å². The molecular weight excluding hydrogens is 210 g/mol. The number of carbonyl (C=O) groups is 1. The van der Waals surface area contributed by atoms with Crippen molar-refractivity contribution in [3.05, 3.63) is 0 Å². The smallest absolute Gasteiger partial charge is 0.223 e. The van der Waals surface area contributed by atoms with Crippen LogP contribution in [0.15, 0.2) is 0 Å². The van der Waals surface area contributed by atoms with E-state index in [-0.39, 0.29) is 6.04 Å². The van der Waals surface area contributed by atoms with Crippen LogP contribution >= 0.6 is 11.6 Å². The highest BCUT2D eigenvalue weighted by Crippen LogP contribution is 2.57. The largest absolute Gasteiger partial charge is 0.353 e. The molecule has 0 aliphatic heterocycles. The SMILES string of the molecule is CCC(CCCl)NC(=O)C1C2CCCC21. The highest BCUT2D eigenvalue weighted by atomic mass is 35.5. The van der Waals surface area contributed by atoms with E-state index >= 15 is 0 Å². The lowest BCUT2D eigenvalue weighted by molar-refractivity contribution is -0.123. The summed E-state index contributed by atoms with van der Waals surface area (Å²) in [6.45, 7) is 2.10. The third-order valence-electron chi connectivity index (χ3n) is 4.01. The van der Waals surface area contributed by atoms with Gasteiger partial charge in [-0.2, -0.15) is 0 Å². The Morgan fingerprint density at radius 1 is 1.47 bits per heavy atom. The summed E-state index contributed by atoms with van der Waals surface area (Å²) in [6, 6.07) is 0.288. The number of halogens is 1. The molecule has 0 aromatic heterocycles. The summed E-state index contributed by atoms with van der Waals surface area (Å²) >= 11 is 5.70. The van der Waals surface area contributed by atoms with E-state index in [0.29, 0.717) is 17.7 Å². The average molecular weight is 230 g/mol. The predicted octanol–water partition coefficient (Wildman–Crippen LogP) is 2.56. The van der Waals surface area contributed by atoms with Crippen molar-refractivity contribution in [3.63, 3.8) is 0 Å². The van der Waals surface area contributed by atoms with Crippen molar-refractivity contribution in [3.8, 4) is 0 Å². The Balaban J connectivity index is 1.77. The Hall–Kier alpha value is -0.240. The Kier molecular flexibility index (Phi) is 3.55. The number of fused-ring (bicyclic) bond motifs is 1. The number of rotatable bonds is 5. The third-order valence-corrected chi connectivity index (χ3v) is 4.22. The van der Waals surface area contributed by atoms with Crippen molar-refractivity contribution in [2.45, 2.75) is 45.1 Å². The summed E-state index contributed by atoms with van der Waals surface area (Å²) in [6.07, 6.45) is 5.76. The monoisotopic (exact) mass is 229 g/mol. The van der Waals surface area contributed by atoms with Crippen LogP contribution in [0.3, 0.4) is 0 Å². The molecule has 0 bridgehead atoms. The maximum atomic E-state index is 11.9. The van der Waals surface area contributed by atoms with Gasteiger partial charge < -0.3 is 5.32 Å². The van der Waals surface area contributed by atoms with Gasteiger partial charge in [0.2, 0.25) is 5.91 Å². The van der Waals surface area contributed by atoms with Gasteiger partial charge in [0.15, 0.2) is 0 Å². The summed E-state index contributed by atoms with van der Waals surface area (Å²) in [5.74, 6) is 2.72. The fraction of sp³-hybridized carbons (Fsp3) is 0.917. The van der Waals surface area contributed by atoms with Crippen LogP contribution in [-0.2, 0) is 4.79 Å². The van der Waals surface area contributed by atoms with Crippen LogP contribution < -0.4 is 5.32 Å². The van der Waals surface area contributed by atoms with Gasteiger partial charge in [0.1, 0.15) is 0 Å². The van der Waals surface area contributed by atoms with Gasteiger partial charge >= 0.3 is 0 Å². The summed E-state index contributed by atoms with van der Waals surface area (Å²) in [5.41, 5.74) is 0. The minimum Gasteiger partial charge on any atom is -0.353 e. The predicted molar refractivity (Wildman–Crippen MR) is 61.9 cm³/mol. The zero-order valence-electron chi connectivity index (χ0n) is 9.34. The molecule has 0 spiro atoms. The van der Waals surface area contributed by atoms with Crippen molar-refractivity contribution < 1.29 is 4.79 Å². The van der Waals surface area contributed by atoms with Crippen molar-refractivity contribution in [2.75, 3.05) is 5.88 Å². The molecule has 0 aromatic carbocycles. The molecule has 3 atom stereocenters. The van der Waals surface area contributed by atoms with Crippen LogP contribution in [0.2, 0.25) is 0 Å². The molecule has 1 amide bonds. The third kappa shape index (κ3) is 2.30. The fourth-order valence-electron chi connectivity index (χ4n) is 3.02. The molecular formula is C12H20ClNO. The van der Waals surface area contributed by atoms with E-state index < -0.39 is 0 Å². The standard InChI is InChI=1S/C12H20ClNO/c1-2-8(6-7-13)14-12(15)11-9-4-3-5-10(9)11/h8-11H,2-7H2,1H3,(H,14,15). The van der Waals surface area contributed by atoms with Crippen molar-refractivity contribution in [1.82, 2.24) is 5.32 Å². The molecule has 2 aliphatic rings. The van der Waals surface area contributed by atoms with Gasteiger partial charge in [0, 0.05) is 17.8 Å². The molecule has 3 heteroatoms. The van der Waals surface area contributed by atoms with E-state index in [1.807, 2.05) is 0 Å². The molecule has 2 aliphatic carbocycles. The van der Waals surface area contributed by atoms with Crippen molar-refractivity contribution >= 4 is 17.5 Å². The molecule has 2 rings (SSSR count). The van der Waals surface area contributed by atoms with Gasteiger partial charge in [-0.1, -0.05) is 13.3 Å². The maximum Gasteiger partial charge on any atom is 0.223 e. The average Bonchev–Trinajstić information content (AvgIpc) is 2.72. The van der Waals surface area contributed by atoms with Crippen LogP contribution in [0.5, 0.6) is 0 Å². The van der Waals surface area contributed by atoms with Gasteiger partial charge in [-0.15, -0.1) is 11.6 Å². The van der Waals surface area contributed by atoms with Gasteiger partial charge in [-0.05, 0) is 37.5 Å². The second-order valence-electron chi connectivity index (χ2n) is 4.88. The Morgan fingerprint density at radius 3 is 2.67 bits per heavy atom. The quantitative estimate of drug-likeness (QED) is 0.722. The zero-order valence-corrected chi connectivity index (χ0v) is 10.1. The number of nitrogens with one attached hydrogen (secondary N) is 1. The van der Waals surface area contributed by atoms with Crippen LogP contribution in [0, 0.1) is 17.8 Å². The molecule has 86 valence electrons. The molecule has 2 saturated carbocycles. The van der Waals surface area contributed by atoms with E-state index in [4.69, 9.17) is 11.6 Å². The first-order valence-corrected chi connectivity index (χ1v) is 6.67. The van der Waals surface area contributed by atoms with Crippen molar-refractivity contribution in [1.29, 1.82) is 0 Å². The lowest BCUT2D eigenvalue weighted by atomic mass is 10.1. The Labute approximate surface area is 96.8 Å². The van der Waals surface area contributed by atoms with Crippen LogP contribution in [-0.4, -0.2) is 17.8 Å². The highest BCUT2D eigenvalue weighted by molar-refractivity contribution is 6.17. The van der Waals surface area contributed by atoms with Crippen LogP contribution in [0.25, 0.3) is 0 Å². The number of amides is 1.